The summed E-state index contributed by atoms with van der Waals surface area (Å²) in [6, 6.07) is 10.6. The van der Waals surface area contributed by atoms with E-state index in [0.717, 1.165) is 11.8 Å². The van der Waals surface area contributed by atoms with Crippen molar-refractivity contribution in [3.8, 4) is 17.1 Å². The zero-order valence-electron chi connectivity index (χ0n) is 12.0. The first-order valence-electron chi connectivity index (χ1n) is 6.65. The average molecular weight is 320 g/mol. The number of nitrogens with zero attached hydrogens (tertiary/aromatic N) is 2. The fourth-order valence-electron chi connectivity index (χ4n) is 2.35. The molecule has 0 radical (unpaired) electrons. The van der Waals surface area contributed by atoms with Gasteiger partial charge in [-0.3, -0.25) is 4.79 Å². The number of benzene rings is 2. The molecule has 0 aliphatic carbocycles. The van der Waals surface area contributed by atoms with Crippen LogP contribution in [0.3, 0.4) is 0 Å². The highest BCUT2D eigenvalue weighted by molar-refractivity contribution is 5.87. The number of hydrogen-bond donors (Lipinski definition) is 0. The number of carbonyl (C=O) groups is 1. The second-order valence-corrected chi connectivity index (χ2v) is 4.93. The zero-order chi connectivity index (χ0) is 16.6. The minimum absolute atomic E-state index is 0.289. The van der Waals surface area contributed by atoms with Crippen molar-refractivity contribution in [2.45, 2.75) is 6.36 Å². The van der Waals surface area contributed by atoms with E-state index in [1.807, 2.05) is 4.57 Å². The van der Waals surface area contributed by atoms with Crippen LogP contribution in [0, 0.1) is 0 Å². The number of imidazole rings is 1. The fourth-order valence-corrected chi connectivity index (χ4v) is 2.35. The molecular weight excluding hydrogens is 309 g/mol. The van der Waals surface area contributed by atoms with Gasteiger partial charge < -0.3 is 9.30 Å². The van der Waals surface area contributed by atoms with Gasteiger partial charge in [0, 0.05) is 18.2 Å². The van der Waals surface area contributed by atoms with Gasteiger partial charge in [0.2, 0.25) is 0 Å². The topological polar surface area (TPSA) is 44.1 Å². The lowest BCUT2D eigenvalue weighted by Crippen LogP contribution is -2.16. The zero-order valence-corrected chi connectivity index (χ0v) is 12.0. The van der Waals surface area contributed by atoms with Crippen molar-refractivity contribution in [2.75, 3.05) is 0 Å². The van der Waals surface area contributed by atoms with Gasteiger partial charge in [0.1, 0.15) is 17.9 Å². The number of aryl methyl sites for hydroxylation is 1. The molecule has 0 spiro atoms. The van der Waals surface area contributed by atoms with Crippen LogP contribution in [0.15, 0.2) is 42.5 Å². The van der Waals surface area contributed by atoms with Crippen molar-refractivity contribution in [3.05, 3.63) is 48.0 Å². The second kappa shape index (κ2) is 5.42. The average Bonchev–Trinajstić information content (AvgIpc) is 2.83. The van der Waals surface area contributed by atoms with Crippen LogP contribution in [0.2, 0.25) is 0 Å². The quantitative estimate of drug-likeness (QED) is 0.686. The summed E-state index contributed by atoms with van der Waals surface area (Å²) in [5.41, 5.74) is 2.62. The summed E-state index contributed by atoms with van der Waals surface area (Å²) in [6.07, 6.45) is -3.98. The molecule has 0 saturated carbocycles. The molecule has 0 amide bonds. The Balaban J connectivity index is 1.99. The number of aromatic nitrogens is 2. The standard InChI is InChI=1S/C16H11F3N2O2/c1-21-14-7-2-10(9-22)8-13(14)20-15(21)11-3-5-12(6-4-11)23-16(17,18)19/h2-9H,1H3. The van der Waals surface area contributed by atoms with Crippen LogP contribution in [0.4, 0.5) is 13.2 Å². The monoisotopic (exact) mass is 320 g/mol. The molecule has 3 aromatic rings. The summed E-state index contributed by atoms with van der Waals surface area (Å²) in [4.78, 5) is 15.3. The van der Waals surface area contributed by atoms with Gasteiger partial charge in [0.15, 0.2) is 0 Å². The lowest BCUT2D eigenvalue weighted by Gasteiger charge is -2.09. The van der Waals surface area contributed by atoms with Gasteiger partial charge in [0.25, 0.3) is 0 Å². The van der Waals surface area contributed by atoms with Crippen molar-refractivity contribution in [2.24, 2.45) is 7.05 Å². The first-order valence-corrected chi connectivity index (χ1v) is 6.65. The highest BCUT2D eigenvalue weighted by Gasteiger charge is 2.31. The lowest BCUT2D eigenvalue weighted by atomic mass is 10.2. The van der Waals surface area contributed by atoms with E-state index in [-0.39, 0.29) is 5.75 Å². The maximum absolute atomic E-state index is 12.2. The minimum Gasteiger partial charge on any atom is -0.406 e. The van der Waals surface area contributed by atoms with Crippen molar-refractivity contribution < 1.29 is 22.7 Å². The maximum Gasteiger partial charge on any atom is 0.573 e. The van der Waals surface area contributed by atoms with Crippen molar-refractivity contribution in [3.63, 3.8) is 0 Å². The van der Waals surface area contributed by atoms with Crippen molar-refractivity contribution >= 4 is 17.3 Å². The summed E-state index contributed by atoms with van der Waals surface area (Å²) < 4.78 is 42.2. The molecule has 0 unspecified atom stereocenters. The van der Waals surface area contributed by atoms with E-state index in [1.165, 1.54) is 24.3 Å². The normalized spacial score (nSPS) is 11.7. The van der Waals surface area contributed by atoms with Gasteiger partial charge in [-0.2, -0.15) is 0 Å². The number of hydrogen-bond acceptors (Lipinski definition) is 3. The fraction of sp³-hybridized carbons (Fsp3) is 0.125. The third kappa shape index (κ3) is 3.03. The van der Waals surface area contributed by atoms with Crippen molar-refractivity contribution in [1.82, 2.24) is 9.55 Å². The molecular formula is C16H11F3N2O2. The predicted molar refractivity (Wildman–Crippen MR) is 78.2 cm³/mol. The number of rotatable bonds is 3. The lowest BCUT2D eigenvalue weighted by molar-refractivity contribution is -0.274. The van der Waals surface area contributed by atoms with Gasteiger partial charge in [-0.25, -0.2) is 4.98 Å². The molecule has 3 rings (SSSR count). The van der Waals surface area contributed by atoms with E-state index in [2.05, 4.69) is 9.72 Å². The van der Waals surface area contributed by atoms with E-state index in [9.17, 15) is 18.0 Å². The number of carbonyl (C=O) groups excluding carboxylic acids is 1. The molecule has 0 aliphatic rings. The summed E-state index contributed by atoms with van der Waals surface area (Å²) in [6.45, 7) is 0. The van der Waals surface area contributed by atoms with Gasteiger partial charge in [-0.1, -0.05) is 0 Å². The summed E-state index contributed by atoms with van der Waals surface area (Å²) in [5.74, 6) is 0.296. The Bertz CT molecular complexity index is 867. The van der Waals surface area contributed by atoms with Crippen LogP contribution in [-0.2, 0) is 7.05 Å². The highest BCUT2D eigenvalue weighted by Crippen LogP contribution is 2.28. The molecule has 0 saturated heterocycles. The molecule has 0 fully saturated rings. The Kier molecular flexibility index (Phi) is 3.55. The van der Waals surface area contributed by atoms with Crippen LogP contribution in [0.1, 0.15) is 10.4 Å². The van der Waals surface area contributed by atoms with E-state index in [0.29, 0.717) is 22.5 Å². The smallest absolute Gasteiger partial charge is 0.406 e. The Morgan fingerprint density at radius 3 is 2.43 bits per heavy atom. The molecule has 118 valence electrons. The first-order chi connectivity index (χ1) is 10.9. The predicted octanol–water partition coefficient (Wildman–Crippen LogP) is 3.95. The Morgan fingerprint density at radius 2 is 1.83 bits per heavy atom. The molecule has 0 N–H and O–H groups in total. The summed E-state index contributed by atoms with van der Waals surface area (Å²) in [5, 5.41) is 0. The summed E-state index contributed by atoms with van der Waals surface area (Å²) in [7, 11) is 1.80. The molecule has 2 aromatic carbocycles. The van der Waals surface area contributed by atoms with Gasteiger partial charge >= 0.3 is 6.36 Å². The van der Waals surface area contributed by atoms with E-state index >= 15 is 0 Å². The molecule has 4 nitrogen and oxygen atoms in total. The minimum atomic E-state index is -4.72. The van der Waals surface area contributed by atoms with Gasteiger partial charge in [-0.15, -0.1) is 13.2 Å². The van der Waals surface area contributed by atoms with Gasteiger partial charge in [0.05, 0.1) is 11.0 Å². The molecule has 23 heavy (non-hydrogen) atoms. The maximum atomic E-state index is 12.2. The molecule has 1 aromatic heterocycles. The SMILES string of the molecule is Cn1c(-c2ccc(OC(F)(F)F)cc2)nc2cc(C=O)ccc21. The summed E-state index contributed by atoms with van der Waals surface area (Å²) >= 11 is 0. The molecule has 7 heteroatoms. The number of ether oxygens (including phenoxy) is 1. The number of alkyl halides is 3. The highest BCUT2D eigenvalue weighted by atomic mass is 19.4. The molecule has 0 atom stereocenters. The van der Waals surface area contributed by atoms with Crippen LogP contribution in [-0.4, -0.2) is 22.2 Å². The van der Waals surface area contributed by atoms with Gasteiger partial charge in [-0.05, 0) is 42.5 Å². The first kappa shape index (κ1) is 15.1. The molecule has 1 heterocycles. The Labute approximate surface area is 129 Å². The van der Waals surface area contributed by atoms with E-state index < -0.39 is 6.36 Å². The van der Waals surface area contributed by atoms with E-state index in [4.69, 9.17) is 0 Å². The third-order valence-corrected chi connectivity index (χ3v) is 3.39. The van der Waals surface area contributed by atoms with E-state index in [1.54, 1.807) is 25.2 Å². The number of aldehydes is 1. The van der Waals surface area contributed by atoms with Crippen LogP contribution in [0.25, 0.3) is 22.4 Å². The van der Waals surface area contributed by atoms with Crippen LogP contribution < -0.4 is 4.74 Å². The van der Waals surface area contributed by atoms with Crippen LogP contribution >= 0.6 is 0 Å². The molecule has 0 aliphatic heterocycles. The Hall–Kier alpha value is -2.83. The van der Waals surface area contributed by atoms with Crippen LogP contribution in [0.5, 0.6) is 5.75 Å². The van der Waals surface area contributed by atoms with Crippen molar-refractivity contribution in [1.29, 1.82) is 0 Å². The largest absolute Gasteiger partial charge is 0.573 e. The number of fused-ring (bicyclic) bond motifs is 1. The Morgan fingerprint density at radius 1 is 1.13 bits per heavy atom. The third-order valence-electron chi connectivity index (χ3n) is 3.39. The molecule has 0 bridgehead atoms. The second-order valence-electron chi connectivity index (χ2n) is 4.93. The number of halogens is 3.